The molecule has 1 fully saturated rings. The van der Waals surface area contributed by atoms with Gasteiger partial charge in [0.15, 0.2) is 0 Å². The Labute approximate surface area is 105 Å². The van der Waals surface area contributed by atoms with Gasteiger partial charge in [0.2, 0.25) is 0 Å². The van der Waals surface area contributed by atoms with Crippen LogP contribution in [0.2, 0.25) is 0 Å². The molecule has 0 heterocycles. The van der Waals surface area contributed by atoms with Crippen molar-refractivity contribution < 1.29 is 10.2 Å². The van der Waals surface area contributed by atoms with Gasteiger partial charge in [-0.1, -0.05) is 46.0 Å². The summed E-state index contributed by atoms with van der Waals surface area (Å²) in [6.45, 7) is 4.09. The van der Waals surface area contributed by atoms with Gasteiger partial charge in [-0.05, 0) is 24.7 Å². The third-order valence-corrected chi connectivity index (χ3v) is 3.88. The van der Waals surface area contributed by atoms with Crippen LogP contribution in [0.5, 0.6) is 0 Å². The summed E-state index contributed by atoms with van der Waals surface area (Å²) in [4.78, 5) is 0. The first-order valence-electron chi connectivity index (χ1n) is 7.12. The van der Waals surface area contributed by atoms with Crippen molar-refractivity contribution in [3.8, 4) is 0 Å². The lowest BCUT2D eigenvalue weighted by molar-refractivity contribution is -0.0117. The van der Waals surface area contributed by atoms with Crippen LogP contribution in [0.25, 0.3) is 0 Å². The first-order chi connectivity index (χ1) is 8.00. The average molecular weight is 243 g/mol. The fraction of sp³-hybridized carbons (Fsp3) is 1.00. The van der Waals surface area contributed by atoms with Gasteiger partial charge in [-0.15, -0.1) is 0 Å². The third kappa shape index (κ3) is 5.36. The molecule has 0 aromatic heterocycles. The highest BCUT2D eigenvalue weighted by Crippen LogP contribution is 2.28. The van der Waals surface area contributed by atoms with Crippen LogP contribution in [-0.2, 0) is 0 Å². The molecule has 2 unspecified atom stereocenters. The minimum atomic E-state index is -0.765. The Hall–Kier alpha value is -0.120. The summed E-state index contributed by atoms with van der Waals surface area (Å²) < 4.78 is 0. The van der Waals surface area contributed by atoms with Crippen LogP contribution in [0.15, 0.2) is 0 Å². The van der Waals surface area contributed by atoms with E-state index in [9.17, 15) is 10.2 Å². The molecule has 0 radical (unpaired) electrons. The van der Waals surface area contributed by atoms with Crippen LogP contribution in [0.3, 0.4) is 0 Å². The standard InChI is InChI=1S/C14H29NO2/c1-10(2)8-13(16)14(17)12(15)9-11-6-4-3-5-7-11/h10-14,16-17H,3-9,15H2,1-2H3/t12?,13?,14-/m0/s1. The van der Waals surface area contributed by atoms with E-state index in [1.54, 1.807) is 0 Å². The zero-order chi connectivity index (χ0) is 12.8. The van der Waals surface area contributed by atoms with Crippen LogP contribution < -0.4 is 5.73 Å². The lowest BCUT2D eigenvalue weighted by Crippen LogP contribution is -2.44. The van der Waals surface area contributed by atoms with E-state index in [1.807, 2.05) is 13.8 Å². The third-order valence-electron chi connectivity index (χ3n) is 3.88. The lowest BCUT2D eigenvalue weighted by atomic mass is 9.83. The predicted octanol–water partition coefficient (Wildman–Crippen LogP) is 2.05. The number of hydrogen-bond donors (Lipinski definition) is 3. The molecular weight excluding hydrogens is 214 g/mol. The van der Waals surface area contributed by atoms with Crippen molar-refractivity contribution in [2.75, 3.05) is 0 Å². The Kier molecular flexibility index (Phi) is 6.45. The molecule has 17 heavy (non-hydrogen) atoms. The number of nitrogens with two attached hydrogens (primary N) is 1. The van der Waals surface area contributed by atoms with Crippen molar-refractivity contribution in [1.29, 1.82) is 0 Å². The van der Waals surface area contributed by atoms with E-state index in [4.69, 9.17) is 5.73 Å². The summed E-state index contributed by atoms with van der Waals surface area (Å²) in [5.74, 6) is 1.04. The molecule has 0 amide bonds. The van der Waals surface area contributed by atoms with Crippen molar-refractivity contribution in [3.63, 3.8) is 0 Å². The highest BCUT2D eigenvalue weighted by atomic mass is 16.3. The normalized spacial score (nSPS) is 23.6. The van der Waals surface area contributed by atoms with Crippen LogP contribution in [-0.4, -0.2) is 28.5 Å². The fourth-order valence-electron chi connectivity index (χ4n) is 2.85. The van der Waals surface area contributed by atoms with E-state index in [-0.39, 0.29) is 6.04 Å². The van der Waals surface area contributed by atoms with E-state index >= 15 is 0 Å². The maximum atomic E-state index is 9.99. The number of aliphatic hydroxyl groups is 2. The van der Waals surface area contributed by atoms with Crippen molar-refractivity contribution in [3.05, 3.63) is 0 Å². The van der Waals surface area contributed by atoms with E-state index < -0.39 is 12.2 Å². The fourth-order valence-corrected chi connectivity index (χ4v) is 2.85. The van der Waals surface area contributed by atoms with Gasteiger partial charge in [-0.25, -0.2) is 0 Å². The molecule has 102 valence electrons. The number of rotatable bonds is 6. The second-order valence-electron chi connectivity index (χ2n) is 6.09. The van der Waals surface area contributed by atoms with Gasteiger partial charge in [0.25, 0.3) is 0 Å². The molecule has 1 aliphatic rings. The lowest BCUT2D eigenvalue weighted by Gasteiger charge is -2.29. The SMILES string of the molecule is CC(C)CC(O)[C@@H](O)C(N)CC1CCCCC1. The van der Waals surface area contributed by atoms with Gasteiger partial charge in [-0.2, -0.15) is 0 Å². The molecule has 0 aromatic rings. The summed E-state index contributed by atoms with van der Waals surface area (Å²) in [6.07, 6.45) is 6.44. The van der Waals surface area contributed by atoms with Crippen molar-refractivity contribution in [2.45, 2.75) is 77.0 Å². The molecule has 1 aliphatic carbocycles. The van der Waals surface area contributed by atoms with E-state index in [1.165, 1.54) is 32.1 Å². The Morgan fingerprint density at radius 1 is 1.12 bits per heavy atom. The number of aliphatic hydroxyl groups excluding tert-OH is 2. The topological polar surface area (TPSA) is 66.5 Å². The Bertz CT molecular complexity index is 202. The molecule has 0 aliphatic heterocycles. The molecule has 3 heteroatoms. The first kappa shape index (κ1) is 14.9. The van der Waals surface area contributed by atoms with Crippen LogP contribution in [0, 0.1) is 11.8 Å². The molecule has 0 bridgehead atoms. The quantitative estimate of drug-likeness (QED) is 0.669. The Balaban J connectivity index is 2.31. The zero-order valence-corrected chi connectivity index (χ0v) is 11.3. The second-order valence-corrected chi connectivity index (χ2v) is 6.09. The maximum absolute atomic E-state index is 9.99. The summed E-state index contributed by atoms with van der Waals surface area (Å²) in [6, 6.07) is -0.271. The first-order valence-corrected chi connectivity index (χ1v) is 7.12. The van der Waals surface area contributed by atoms with Gasteiger partial charge < -0.3 is 15.9 Å². The van der Waals surface area contributed by atoms with E-state index in [2.05, 4.69) is 0 Å². The number of hydrogen-bond acceptors (Lipinski definition) is 3. The Morgan fingerprint density at radius 3 is 2.24 bits per heavy atom. The van der Waals surface area contributed by atoms with Crippen molar-refractivity contribution >= 4 is 0 Å². The minimum absolute atomic E-state index is 0.271. The molecule has 0 spiro atoms. The molecule has 3 nitrogen and oxygen atoms in total. The van der Waals surface area contributed by atoms with E-state index in [0.29, 0.717) is 18.3 Å². The molecule has 4 N–H and O–H groups in total. The van der Waals surface area contributed by atoms with Gasteiger partial charge in [0, 0.05) is 6.04 Å². The van der Waals surface area contributed by atoms with E-state index in [0.717, 1.165) is 6.42 Å². The zero-order valence-electron chi connectivity index (χ0n) is 11.3. The smallest absolute Gasteiger partial charge is 0.0949 e. The van der Waals surface area contributed by atoms with Crippen LogP contribution in [0.1, 0.15) is 58.8 Å². The molecule has 0 aromatic carbocycles. The summed E-state index contributed by atoms with van der Waals surface area (Å²) in [5.41, 5.74) is 6.01. The maximum Gasteiger partial charge on any atom is 0.0949 e. The van der Waals surface area contributed by atoms with Crippen molar-refractivity contribution in [1.82, 2.24) is 0 Å². The largest absolute Gasteiger partial charge is 0.390 e. The van der Waals surface area contributed by atoms with Crippen LogP contribution in [0.4, 0.5) is 0 Å². The van der Waals surface area contributed by atoms with Crippen LogP contribution >= 0.6 is 0 Å². The van der Waals surface area contributed by atoms with Crippen molar-refractivity contribution in [2.24, 2.45) is 17.6 Å². The van der Waals surface area contributed by atoms with Gasteiger partial charge in [0.05, 0.1) is 12.2 Å². The molecule has 1 saturated carbocycles. The second kappa shape index (κ2) is 7.34. The molecule has 0 saturated heterocycles. The highest BCUT2D eigenvalue weighted by molar-refractivity contribution is 4.82. The summed E-state index contributed by atoms with van der Waals surface area (Å²) in [7, 11) is 0. The summed E-state index contributed by atoms with van der Waals surface area (Å²) in [5, 5.41) is 19.8. The van der Waals surface area contributed by atoms with Gasteiger partial charge in [0.1, 0.15) is 0 Å². The highest BCUT2D eigenvalue weighted by Gasteiger charge is 2.26. The molecule has 1 rings (SSSR count). The van der Waals surface area contributed by atoms with Gasteiger partial charge in [-0.3, -0.25) is 0 Å². The monoisotopic (exact) mass is 243 g/mol. The molecular formula is C14H29NO2. The predicted molar refractivity (Wildman–Crippen MR) is 70.6 cm³/mol. The average Bonchev–Trinajstić information content (AvgIpc) is 2.28. The van der Waals surface area contributed by atoms with Gasteiger partial charge >= 0.3 is 0 Å². The molecule has 3 atom stereocenters. The Morgan fingerprint density at radius 2 is 1.71 bits per heavy atom. The minimum Gasteiger partial charge on any atom is -0.390 e. The summed E-state index contributed by atoms with van der Waals surface area (Å²) >= 11 is 0.